The Morgan fingerprint density at radius 3 is 2.57 bits per heavy atom. The van der Waals surface area contributed by atoms with Crippen LogP contribution in [0.15, 0.2) is 71.1 Å². The summed E-state index contributed by atoms with van der Waals surface area (Å²) in [5.74, 6) is 0.534. The maximum Gasteiger partial charge on any atom is 0.265 e. The SMILES string of the molecule is COc1ccc(-c2nn([C@@H](C)c3cc4scc(Cl)n4c(=O)c3-c3ccccc3)c3ncnc(N)c23)cc1NS(C)(=O)=O. The van der Waals surface area contributed by atoms with Crippen LogP contribution in [-0.2, 0) is 10.0 Å². The van der Waals surface area contributed by atoms with Crippen LogP contribution in [0.3, 0.4) is 0 Å². The molecular formula is C28H24ClN7O4S2. The molecule has 0 saturated heterocycles. The number of sulfonamides is 1. The molecule has 0 aliphatic carbocycles. The fourth-order valence-electron chi connectivity index (χ4n) is 5.01. The Kier molecular flexibility index (Phi) is 6.87. The van der Waals surface area contributed by atoms with Crippen LogP contribution in [0.2, 0.25) is 5.15 Å². The van der Waals surface area contributed by atoms with E-state index in [0.29, 0.717) is 49.2 Å². The first kappa shape index (κ1) is 27.7. The average molecular weight is 622 g/mol. The number of thiazole rings is 1. The molecule has 0 bridgehead atoms. The lowest BCUT2D eigenvalue weighted by Crippen LogP contribution is -2.20. The molecule has 1 atom stereocenters. The van der Waals surface area contributed by atoms with Gasteiger partial charge in [0, 0.05) is 10.9 Å². The van der Waals surface area contributed by atoms with Crippen LogP contribution >= 0.6 is 22.9 Å². The number of nitrogens with one attached hydrogen (secondary N) is 1. The number of nitrogen functional groups attached to an aromatic ring is 1. The van der Waals surface area contributed by atoms with Gasteiger partial charge in [-0.25, -0.2) is 23.1 Å². The van der Waals surface area contributed by atoms with Crippen molar-refractivity contribution < 1.29 is 13.2 Å². The quantitative estimate of drug-likeness (QED) is 0.251. The highest BCUT2D eigenvalue weighted by molar-refractivity contribution is 7.92. The molecule has 0 amide bonds. The zero-order chi connectivity index (χ0) is 29.8. The Hall–Kier alpha value is -4.46. The van der Waals surface area contributed by atoms with Gasteiger partial charge in [0.15, 0.2) is 5.65 Å². The number of nitrogens with two attached hydrogens (primary N) is 1. The lowest BCUT2D eigenvalue weighted by atomic mass is 9.97. The third-order valence-electron chi connectivity index (χ3n) is 6.86. The van der Waals surface area contributed by atoms with E-state index in [1.165, 1.54) is 29.2 Å². The van der Waals surface area contributed by atoms with Crippen LogP contribution in [-0.4, -0.2) is 45.9 Å². The van der Waals surface area contributed by atoms with Gasteiger partial charge in [-0.3, -0.25) is 13.9 Å². The summed E-state index contributed by atoms with van der Waals surface area (Å²) in [6.45, 7) is 1.92. The zero-order valence-corrected chi connectivity index (χ0v) is 25.0. The fraction of sp³-hybridized carbons (Fsp3) is 0.143. The molecule has 0 unspecified atom stereocenters. The standard InChI is InChI=1S/C28H24ClN7O4S2/c1-15(18-12-22-35(21(29)13-41-22)28(37)23(18)16-7-5-4-6-8-16)36-27-24(26(30)31-14-32-27)25(33-36)17-9-10-20(40-2)19(11-17)34-42(3,38)39/h4-15,34H,1-3H3,(H2,30,31,32)/t15-/m0/s1. The number of ether oxygens (including phenoxy) is 1. The van der Waals surface area contributed by atoms with Gasteiger partial charge in [0.25, 0.3) is 5.56 Å². The van der Waals surface area contributed by atoms with E-state index < -0.39 is 16.1 Å². The molecule has 42 heavy (non-hydrogen) atoms. The highest BCUT2D eigenvalue weighted by Crippen LogP contribution is 2.38. The van der Waals surface area contributed by atoms with Gasteiger partial charge in [0.05, 0.1) is 36.0 Å². The molecule has 0 saturated carbocycles. The van der Waals surface area contributed by atoms with Gasteiger partial charge in [0.1, 0.15) is 33.6 Å². The zero-order valence-electron chi connectivity index (χ0n) is 22.6. The number of nitrogens with zero attached hydrogens (tertiary/aromatic N) is 5. The minimum atomic E-state index is -3.60. The second-order valence-corrected chi connectivity index (χ2v) is 12.6. The van der Waals surface area contributed by atoms with Crippen LogP contribution in [0.5, 0.6) is 5.75 Å². The van der Waals surface area contributed by atoms with Crippen molar-refractivity contribution in [3.8, 4) is 28.1 Å². The second-order valence-electron chi connectivity index (χ2n) is 9.59. The highest BCUT2D eigenvalue weighted by atomic mass is 35.5. The molecule has 6 rings (SSSR count). The summed E-state index contributed by atoms with van der Waals surface area (Å²) in [5, 5.41) is 7.47. The number of halogens is 1. The number of aromatic nitrogens is 5. The Morgan fingerprint density at radius 1 is 1.10 bits per heavy atom. The molecule has 4 heterocycles. The molecule has 214 valence electrons. The van der Waals surface area contributed by atoms with Crippen molar-refractivity contribution in [2.24, 2.45) is 0 Å². The number of benzene rings is 2. The van der Waals surface area contributed by atoms with Crippen molar-refractivity contribution in [1.82, 2.24) is 24.1 Å². The minimum absolute atomic E-state index is 0.200. The Labute approximate surface area is 249 Å². The summed E-state index contributed by atoms with van der Waals surface area (Å²) in [7, 11) is -2.15. The Morgan fingerprint density at radius 2 is 1.86 bits per heavy atom. The van der Waals surface area contributed by atoms with Gasteiger partial charge in [-0.05, 0) is 42.3 Å². The van der Waals surface area contributed by atoms with Crippen LogP contribution in [0.4, 0.5) is 11.5 Å². The fourth-order valence-corrected chi connectivity index (χ4v) is 6.73. The van der Waals surface area contributed by atoms with E-state index in [4.69, 9.17) is 27.2 Å². The molecule has 0 fully saturated rings. The third kappa shape index (κ3) is 4.74. The van der Waals surface area contributed by atoms with Gasteiger partial charge < -0.3 is 10.5 Å². The van der Waals surface area contributed by atoms with Gasteiger partial charge in [0.2, 0.25) is 10.0 Å². The van der Waals surface area contributed by atoms with Gasteiger partial charge >= 0.3 is 0 Å². The first-order valence-corrected chi connectivity index (χ1v) is 15.7. The lowest BCUT2D eigenvalue weighted by Gasteiger charge is -2.18. The van der Waals surface area contributed by atoms with E-state index in [1.54, 1.807) is 28.3 Å². The first-order valence-electron chi connectivity index (χ1n) is 12.6. The van der Waals surface area contributed by atoms with Crippen molar-refractivity contribution >= 4 is 60.3 Å². The van der Waals surface area contributed by atoms with Gasteiger partial charge in [-0.1, -0.05) is 41.9 Å². The molecule has 3 N–H and O–H groups in total. The van der Waals surface area contributed by atoms with Crippen LogP contribution in [0.25, 0.3) is 38.2 Å². The Bertz CT molecular complexity index is 2160. The lowest BCUT2D eigenvalue weighted by molar-refractivity contribution is 0.417. The van der Waals surface area contributed by atoms with E-state index in [9.17, 15) is 13.2 Å². The first-order chi connectivity index (χ1) is 20.1. The molecule has 0 spiro atoms. The van der Waals surface area contributed by atoms with Crippen LogP contribution < -0.4 is 20.8 Å². The maximum absolute atomic E-state index is 13.9. The normalized spacial score (nSPS) is 12.6. The number of hydrogen-bond acceptors (Lipinski definition) is 9. The van der Waals surface area contributed by atoms with Gasteiger partial charge in [-0.2, -0.15) is 5.10 Å². The van der Waals surface area contributed by atoms with Crippen molar-refractivity contribution in [2.45, 2.75) is 13.0 Å². The Balaban J connectivity index is 1.60. The number of fused-ring (bicyclic) bond motifs is 2. The molecule has 11 nitrogen and oxygen atoms in total. The predicted molar refractivity (Wildman–Crippen MR) is 166 cm³/mol. The molecular weight excluding hydrogens is 598 g/mol. The second kappa shape index (κ2) is 10.4. The smallest absolute Gasteiger partial charge is 0.265 e. The molecule has 14 heteroatoms. The van der Waals surface area contributed by atoms with E-state index in [1.807, 2.05) is 43.3 Å². The summed E-state index contributed by atoms with van der Waals surface area (Å²) in [4.78, 5) is 23.3. The number of hydrogen-bond donors (Lipinski definition) is 2. The summed E-state index contributed by atoms with van der Waals surface area (Å²) >= 11 is 7.76. The highest BCUT2D eigenvalue weighted by Gasteiger charge is 2.26. The van der Waals surface area contributed by atoms with E-state index in [-0.39, 0.29) is 17.1 Å². The largest absolute Gasteiger partial charge is 0.495 e. The maximum atomic E-state index is 13.9. The molecule has 2 aromatic carbocycles. The van der Waals surface area contributed by atoms with E-state index in [2.05, 4.69) is 14.7 Å². The molecule has 0 aliphatic rings. The number of rotatable bonds is 7. The monoisotopic (exact) mass is 621 g/mol. The van der Waals surface area contributed by atoms with Crippen molar-refractivity contribution in [3.63, 3.8) is 0 Å². The molecule has 0 aliphatic heterocycles. The summed E-state index contributed by atoms with van der Waals surface area (Å²) in [6, 6.07) is 15.8. The van der Waals surface area contributed by atoms with E-state index >= 15 is 0 Å². The van der Waals surface area contributed by atoms with E-state index in [0.717, 1.165) is 11.8 Å². The van der Waals surface area contributed by atoms with Crippen molar-refractivity contribution in [2.75, 3.05) is 23.8 Å². The average Bonchev–Trinajstić information content (AvgIpc) is 3.54. The summed E-state index contributed by atoms with van der Waals surface area (Å²) in [5.41, 5.74) is 9.73. The molecule has 4 aromatic heterocycles. The molecule has 6 aromatic rings. The topological polar surface area (TPSA) is 146 Å². The molecule has 0 radical (unpaired) electrons. The number of anilines is 2. The minimum Gasteiger partial charge on any atom is -0.495 e. The summed E-state index contributed by atoms with van der Waals surface area (Å²) < 4.78 is 35.1. The van der Waals surface area contributed by atoms with Crippen LogP contribution in [0, 0.1) is 0 Å². The predicted octanol–water partition coefficient (Wildman–Crippen LogP) is 5.06. The number of pyridine rings is 1. The van der Waals surface area contributed by atoms with Crippen molar-refractivity contribution in [1.29, 1.82) is 0 Å². The summed E-state index contributed by atoms with van der Waals surface area (Å²) in [6.07, 6.45) is 2.41. The third-order valence-corrected chi connectivity index (χ3v) is 8.74. The van der Waals surface area contributed by atoms with Gasteiger partial charge in [-0.15, -0.1) is 11.3 Å². The van der Waals surface area contributed by atoms with Crippen molar-refractivity contribution in [3.05, 3.63) is 87.4 Å². The van der Waals surface area contributed by atoms with Crippen LogP contribution in [0.1, 0.15) is 18.5 Å². The number of methoxy groups -OCH3 is 1.